The predicted octanol–water partition coefficient (Wildman–Crippen LogP) is 11.0. The minimum atomic E-state index is -0.989. The summed E-state index contributed by atoms with van der Waals surface area (Å²) in [7, 11) is 0. The van der Waals surface area contributed by atoms with E-state index in [9.17, 15) is 19.8 Å². The van der Waals surface area contributed by atoms with Crippen LogP contribution in [-0.2, 0) is 0 Å². The molecule has 0 saturated heterocycles. The number of aromatic carboxylic acids is 2. The average Bonchev–Trinajstić information content (AvgIpc) is 3.66. The molecule has 6 nitrogen and oxygen atoms in total. The molecule has 0 unspecified atom stereocenters. The van der Waals surface area contributed by atoms with Gasteiger partial charge in [0.2, 0.25) is 0 Å². The van der Waals surface area contributed by atoms with Gasteiger partial charge in [-0.1, -0.05) is 152 Å². The van der Waals surface area contributed by atoms with Gasteiger partial charge in [0.15, 0.2) is 0 Å². The number of aromatic amines is 1. The van der Waals surface area contributed by atoms with Crippen LogP contribution in [0, 0.1) is 0 Å². The van der Waals surface area contributed by atoms with Crippen LogP contribution >= 0.6 is 0 Å². The molecule has 0 bridgehead atoms. The second-order valence-electron chi connectivity index (χ2n) is 12.7. The van der Waals surface area contributed by atoms with Gasteiger partial charge in [-0.05, 0) is 68.8 Å². The van der Waals surface area contributed by atoms with Crippen molar-refractivity contribution in [3.63, 3.8) is 0 Å². The maximum absolute atomic E-state index is 11.6. The van der Waals surface area contributed by atoms with Crippen LogP contribution in [-0.4, -0.2) is 32.1 Å². The minimum Gasteiger partial charge on any atom is -0.478 e. The van der Waals surface area contributed by atoms with Crippen molar-refractivity contribution in [3.8, 4) is 33.6 Å². The molecule has 0 fully saturated rings. The van der Waals surface area contributed by atoms with E-state index in [0.717, 1.165) is 66.7 Å². The van der Waals surface area contributed by atoms with E-state index in [0.29, 0.717) is 11.3 Å². The third-order valence-corrected chi connectivity index (χ3v) is 9.42. The molecule has 7 aromatic carbocycles. The Balaban J connectivity index is 1.28. The lowest BCUT2D eigenvalue weighted by Crippen LogP contribution is -1.97. The van der Waals surface area contributed by atoms with Gasteiger partial charge in [0.25, 0.3) is 0 Å². The Kier molecular flexibility index (Phi) is 8.77. The quantitative estimate of drug-likeness (QED) is 0.131. The van der Waals surface area contributed by atoms with Gasteiger partial charge in [-0.2, -0.15) is 0 Å². The lowest BCUT2D eigenvalue weighted by atomic mass is 9.85. The zero-order chi connectivity index (χ0) is 36.3. The van der Waals surface area contributed by atoms with Crippen molar-refractivity contribution in [3.05, 3.63) is 209 Å². The van der Waals surface area contributed by atoms with E-state index in [1.807, 2.05) is 30.3 Å². The molecular weight excluding hydrogens is 657 g/mol. The highest BCUT2D eigenvalue weighted by Gasteiger charge is 2.19. The largest absolute Gasteiger partial charge is 0.478 e. The highest BCUT2D eigenvalue weighted by atomic mass is 16.4. The molecule has 6 heteroatoms. The van der Waals surface area contributed by atoms with Crippen molar-refractivity contribution in [2.45, 2.75) is 0 Å². The van der Waals surface area contributed by atoms with Gasteiger partial charge < -0.3 is 15.2 Å². The van der Waals surface area contributed by atoms with Crippen LogP contribution < -0.4 is 0 Å². The molecule has 0 aliphatic rings. The second-order valence-corrected chi connectivity index (χ2v) is 12.7. The number of rotatable bonds is 9. The number of benzene rings is 7. The van der Waals surface area contributed by atoms with Gasteiger partial charge in [0.05, 0.1) is 22.2 Å². The molecule has 0 saturated carbocycles. The summed E-state index contributed by atoms with van der Waals surface area (Å²) >= 11 is 0. The molecule has 1 heterocycles. The number of hydrogen-bond acceptors (Lipinski definition) is 3. The first-order valence-corrected chi connectivity index (χ1v) is 17.2. The normalized spacial score (nSPS) is 10.9. The highest BCUT2D eigenvalue weighted by Crippen LogP contribution is 2.39. The summed E-state index contributed by atoms with van der Waals surface area (Å²) in [4.78, 5) is 31.8. The first-order valence-electron chi connectivity index (χ1n) is 17.2. The summed E-state index contributed by atoms with van der Waals surface area (Å²) in [5, 5.41) is 18.9. The molecule has 0 aliphatic heterocycles. The van der Waals surface area contributed by atoms with E-state index in [4.69, 9.17) is 4.98 Å². The van der Waals surface area contributed by atoms with Gasteiger partial charge in [0.1, 0.15) is 5.82 Å². The fraction of sp³-hybridized carbons (Fsp3) is 0. The Hall–Kier alpha value is -7.31. The molecule has 0 atom stereocenters. The van der Waals surface area contributed by atoms with Crippen LogP contribution in [0.15, 0.2) is 176 Å². The summed E-state index contributed by atoms with van der Waals surface area (Å²) in [5.74, 6) is -1.31. The summed E-state index contributed by atoms with van der Waals surface area (Å²) in [6.45, 7) is 0. The zero-order valence-electron chi connectivity index (χ0n) is 28.4. The summed E-state index contributed by atoms with van der Waals surface area (Å²) < 4.78 is 0. The van der Waals surface area contributed by atoms with Gasteiger partial charge in [-0.25, -0.2) is 14.6 Å². The van der Waals surface area contributed by atoms with E-state index in [1.165, 1.54) is 0 Å². The SMILES string of the molecule is O=C(O)c1ccc(-c2ccc(-c3ccc(C(=O)O)cc3)c3[nH]c(-c4ccc(C(=C(c5ccccc5)c5ccccc5)c5ccccc5)cc4)nc23)cc1. The standard InChI is InChI=1S/C47H32N2O4/c50-46(51)37-24-16-30(17-25-37)39-28-29-40(31-18-26-38(27-19-31)47(52)53)44-43(39)48-45(49-44)36-22-20-35(21-23-36)42(34-14-8-3-9-15-34)41(32-10-4-1-5-11-32)33-12-6-2-7-13-33/h1-29H,(H,48,49)(H,50,51)(H,52,53). The molecule has 3 N–H and O–H groups in total. The first-order chi connectivity index (χ1) is 25.9. The molecule has 0 amide bonds. The lowest BCUT2D eigenvalue weighted by molar-refractivity contribution is 0.0686. The fourth-order valence-corrected chi connectivity index (χ4v) is 6.81. The molecular formula is C47H32N2O4. The Morgan fingerprint density at radius 2 is 0.755 bits per heavy atom. The monoisotopic (exact) mass is 688 g/mol. The van der Waals surface area contributed by atoms with Crippen molar-refractivity contribution in [2.24, 2.45) is 0 Å². The smallest absolute Gasteiger partial charge is 0.335 e. The Bertz CT molecular complexity index is 2470. The molecule has 0 spiro atoms. The van der Waals surface area contributed by atoms with Crippen LogP contribution in [0.4, 0.5) is 0 Å². The lowest BCUT2D eigenvalue weighted by Gasteiger charge is -2.18. The Labute approximate surface area is 306 Å². The second kappa shape index (κ2) is 14.1. The van der Waals surface area contributed by atoms with Crippen LogP contribution in [0.25, 0.3) is 55.8 Å². The first kappa shape index (κ1) is 32.9. The van der Waals surface area contributed by atoms with Crippen LogP contribution in [0.3, 0.4) is 0 Å². The number of imidazole rings is 1. The van der Waals surface area contributed by atoms with Crippen molar-refractivity contribution >= 4 is 34.1 Å². The predicted molar refractivity (Wildman–Crippen MR) is 211 cm³/mol. The number of nitrogens with zero attached hydrogens (tertiary/aromatic N) is 1. The van der Waals surface area contributed by atoms with E-state index >= 15 is 0 Å². The topological polar surface area (TPSA) is 103 Å². The maximum atomic E-state index is 11.6. The molecule has 8 rings (SSSR count). The molecule has 1 aromatic heterocycles. The maximum Gasteiger partial charge on any atom is 0.335 e. The molecule has 0 radical (unpaired) electrons. The molecule has 53 heavy (non-hydrogen) atoms. The number of hydrogen-bond donors (Lipinski definition) is 3. The van der Waals surface area contributed by atoms with Crippen molar-refractivity contribution in [1.29, 1.82) is 0 Å². The van der Waals surface area contributed by atoms with Crippen molar-refractivity contribution < 1.29 is 19.8 Å². The Morgan fingerprint density at radius 3 is 1.19 bits per heavy atom. The Morgan fingerprint density at radius 1 is 0.396 bits per heavy atom. The highest BCUT2D eigenvalue weighted by molar-refractivity contribution is 6.05. The van der Waals surface area contributed by atoms with Gasteiger partial charge in [-0.15, -0.1) is 0 Å². The molecule has 8 aromatic rings. The fourth-order valence-electron chi connectivity index (χ4n) is 6.81. The molecule has 0 aliphatic carbocycles. The number of H-pyrrole nitrogens is 1. The van der Waals surface area contributed by atoms with Crippen LogP contribution in [0.2, 0.25) is 0 Å². The van der Waals surface area contributed by atoms with Crippen LogP contribution in [0.1, 0.15) is 43.0 Å². The number of nitrogens with one attached hydrogen (secondary N) is 1. The summed E-state index contributed by atoms with van der Waals surface area (Å²) in [6, 6.07) is 57.2. The number of carboxylic acids is 2. The van der Waals surface area contributed by atoms with E-state index in [2.05, 4.69) is 102 Å². The minimum absolute atomic E-state index is 0.203. The van der Waals surface area contributed by atoms with Gasteiger partial charge in [-0.3, -0.25) is 0 Å². The summed E-state index contributed by atoms with van der Waals surface area (Å²) in [5.41, 5.74) is 12.8. The number of aromatic nitrogens is 2. The average molecular weight is 689 g/mol. The van der Waals surface area contributed by atoms with E-state index in [1.54, 1.807) is 48.5 Å². The van der Waals surface area contributed by atoms with Crippen LogP contribution in [0.5, 0.6) is 0 Å². The number of fused-ring (bicyclic) bond motifs is 1. The zero-order valence-corrected chi connectivity index (χ0v) is 28.4. The number of carboxylic acid groups (broad SMARTS) is 2. The summed E-state index contributed by atoms with van der Waals surface area (Å²) in [6.07, 6.45) is 0. The molecule has 254 valence electrons. The van der Waals surface area contributed by atoms with Crippen molar-refractivity contribution in [2.75, 3.05) is 0 Å². The third kappa shape index (κ3) is 6.53. The van der Waals surface area contributed by atoms with E-state index < -0.39 is 11.9 Å². The van der Waals surface area contributed by atoms with E-state index in [-0.39, 0.29) is 11.1 Å². The third-order valence-electron chi connectivity index (χ3n) is 9.42. The van der Waals surface area contributed by atoms with Crippen molar-refractivity contribution in [1.82, 2.24) is 9.97 Å². The number of carbonyl (C=O) groups is 2. The van der Waals surface area contributed by atoms with Gasteiger partial charge in [0, 0.05) is 16.7 Å². The van der Waals surface area contributed by atoms with Gasteiger partial charge >= 0.3 is 11.9 Å².